The lowest BCUT2D eigenvalue weighted by atomic mass is 10.2. The third-order valence-corrected chi connectivity index (χ3v) is 3.80. The van der Waals surface area contributed by atoms with Gasteiger partial charge in [-0.3, -0.25) is 4.99 Å². The van der Waals surface area contributed by atoms with E-state index in [9.17, 15) is 0 Å². The fraction of sp³-hybridized carbons (Fsp3) is 0.667. The minimum atomic E-state index is 0.429. The van der Waals surface area contributed by atoms with Gasteiger partial charge < -0.3 is 19.5 Å². The van der Waals surface area contributed by atoms with E-state index in [0.29, 0.717) is 6.10 Å². The van der Waals surface area contributed by atoms with Gasteiger partial charge in [-0.15, -0.1) is 0 Å². The molecule has 1 aliphatic rings. The molecule has 0 spiro atoms. The van der Waals surface area contributed by atoms with Crippen LogP contribution in [0.4, 0.5) is 0 Å². The van der Waals surface area contributed by atoms with Crippen LogP contribution in [0.25, 0.3) is 0 Å². The summed E-state index contributed by atoms with van der Waals surface area (Å²) in [6.45, 7) is 2.69. The van der Waals surface area contributed by atoms with E-state index >= 15 is 0 Å². The normalized spacial score (nSPS) is 19.4. The van der Waals surface area contributed by atoms with Gasteiger partial charge in [0, 0.05) is 46.2 Å². The largest absolute Gasteiger partial charge is 0.378 e. The first-order valence-electron chi connectivity index (χ1n) is 7.34. The van der Waals surface area contributed by atoms with Gasteiger partial charge in [0.15, 0.2) is 5.96 Å². The number of nitrogens with zero attached hydrogens (tertiary/aromatic N) is 3. The number of nitrogens with one attached hydrogen (secondary N) is 1. The highest BCUT2D eigenvalue weighted by molar-refractivity contribution is 5.79. The molecule has 112 valence electrons. The van der Waals surface area contributed by atoms with Gasteiger partial charge in [-0.05, 0) is 31.4 Å². The van der Waals surface area contributed by atoms with Crippen molar-refractivity contribution in [2.75, 3.05) is 27.2 Å². The molecule has 1 saturated heterocycles. The van der Waals surface area contributed by atoms with Crippen LogP contribution in [0, 0.1) is 0 Å². The summed E-state index contributed by atoms with van der Waals surface area (Å²) < 4.78 is 7.77. The predicted octanol–water partition coefficient (Wildman–Crippen LogP) is 1.60. The Morgan fingerprint density at radius 3 is 3.05 bits per heavy atom. The zero-order valence-electron chi connectivity index (χ0n) is 12.8. The number of aliphatic imine (C=N–C) groups is 1. The molecule has 1 N–H and O–H groups in total. The van der Waals surface area contributed by atoms with E-state index in [1.807, 2.05) is 7.05 Å². The van der Waals surface area contributed by atoms with Gasteiger partial charge >= 0.3 is 0 Å². The summed E-state index contributed by atoms with van der Waals surface area (Å²) in [7, 11) is 5.96. The van der Waals surface area contributed by atoms with E-state index in [-0.39, 0.29) is 0 Å². The zero-order valence-corrected chi connectivity index (χ0v) is 12.8. The van der Waals surface area contributed by atoms with Crippen molar-refractivity contribution in [1.82, 2.24) is 14.8 Å². The van der Waals surface area contributed by atoms with Gasteiger partial charge in [-0.2, -0.15) is 0 Å². The molecule has 5 heteroatoms. The molecule has 20 heavy (non-hydrogen) atoms. The molecule has 2 rings (SSSR count). The Morgan fingerprint density at radius 1 is 1.60 bits per heavy atom. The Balaban J connectivity index is 1.77. The molecule has 1 unspecified atom stereocenters. The van der Waals surface area contributed by atoms with Gasteiger partial charge in [-0.1, -0.05) is 0 Å². The Morgan fingerprint density at radius 2 is 2.45 bits per heavy atom. The molecule has 1 atom stereocenters. The molecule has 1 aliphatic heterocycles. The molecule has 5 nitrogen and oxygen atoms in total. The fourth-order valence-electron chi connectivity index (χ4n) is 2.58. The molecule has 1 aromatic rings. The van der Waals surface area contributed by atoms with Crippen LogP contribution in [0.5, 0.6) is 0 Å². The number of hydrogen-bond donors (Lipinski definition) is 1. The summed E-state index contributed by atoms with van der Waals surface area (Å²) >= 11 is 0. The lowest BCUT2D eigenvalue weighted by Gasteiger charge is -2.23. The molecule has 1 fully saturated rings. The van der Waals surface area contributed by atoms with Crippen LogP contribution >= 0.6 is 0 Å². The second kappa shape index (κ2) is 7.33. The van der Waals surface area contributed by atoms with E-state index in [4.69, 9.17) is 4.74 Å². The molecular weight excluding hydrogens is 252 g/mol. The molecule has 0 radical (unpaired) electrons. The van der Waals surface area contributed by atoms with E-state index in [0.717, 1.165) is 32.1 Å². The number of aryl methyl sites for hydroxylation is 1. The summed E-state index contributed by atoms with van der Waals surface area (Å²) in [5.41, 5.74) is 1.27. The van der Waals surface area contributed by atoms with Gasteiger partial charge in [0.25, 0.3) is 0 Å². The Kier molecular flexibility index (Phi) is 5.47. The summed E-state index contributed by atoms with van der Waals surface area (Å²) in [6, 6.07) is 4.20. The van der Waals surface area contributed by atoms with Crippen molar-refractivity contribution in [2.45, 2.75) is 31.9 Å². The minimum absolute atomic E-state index is 0.429. The Bertz CT molecular complexity index is 435. The molecule has 2 heterocycles. The fourth-order valence-corrected chi connectivity index (χ4v) is 2.58. The summed E-state index contributed by atoms with van der Waals surface area (Å²) in [6.07, 6.45) is 5.94. The lowest BCUT2D eigenvalue weighted by Crippen LogP contribution is -2.39. The maximum Gasteiger partial charge on any atom is 0.193 e. The highest BCUT2D eigenvalue weighted by atomic mass is 16.5. The maximum atomic E-state index is 5.63. The zero-order chi connectivity index (χ0) is 14.4. The van der Waals surface area contributed by atoms with Crippen molar-refractivity contribution < 1.29 is 4.74 Å². The predicted molar refractivity (Wildman–Crippen MR) is 81.8 cm³/mol. The van der Waals surface area contributed by atoms with E-state index in [1.54, 1.807) is 0 Å². The van der Waals surface area contributed by atoms with Gasteiger partial charge in [0.2, 0.25) is 0 Å². The number of aromatic nitrogens is 1. The molecule has 0 saturated carbocycles. The van der Waals surface area contributed by atoms with E-state index in [1.165, 1.54) is 18.5 Å². The number of rotatable bonds is 5. The molecule has 0 bridgehead atoms. The monoisotopic (exact) mass is 278 g/mol. The minimum Gasteiger partial charge on any atom is -0.378 e. The SMILES string of the molecule is CN=C(NCCC1CCCO1)N(C)Cc1cccn1C. The molecule has 1 aromatic heterocycles. The first-order chi connectivity index (χ1) is 9.70. The Hall–Kier alpha value is -1.49. The van der Waals surface area contributed by atoms with Gasteiger partial charge in [0.1, 0.15) is 0 Å². The smallest absolute Gasteiger partial charge is 0.193 e. The number of guanidine groups is 1. The van der Waals surface area contributed by atoms with Crippen LogP contribution in [-0.4, -0.2) is 48.8 Å². The van der Waals surface area contributed by atoms with Crippen LogP contribution in [0.15, 0.2) is 23.3 Å². The van der Waals surface area contributed by atoms with Crippen molar-refractivity contribution in [3.8, 4) is 0 Å². The van der Waals surface area contributed by atoms with Crippen molar-refractivity contribution in [3.05, 3.63) is 24.0 Å². The van der Waals surface area contributed by atoms with Crippen LogP contribution in [0.3, 0.4) is 0 Å². The molecule has 0 amide bonds. The number of ether oxygens (including phenoxy) is 1. The summed E-state index contributed by atoms with van der Waals surface area (Å²) in [5, 5.41) is 3.41. The summed E-state index contributed by atoms with van der Waals surface area (Å²) in [5.74, 6) is 0.934. The van der Waals surface area contributed by atoms with E-state index < -0.39 is 0 Å². The standard InChI is InChI=1S/C15H26N4O/c1-16-15(17-9-8-14-7-5-11-20-14)19(3)12-13-6-4-10-18(13)2/h4,6,10,14H,5,7-9,11-12H2,1-3H3,(H,16,17). The average Bonchev–Trinajstić information content (AvgIpc) is 3.07. The third-order valence-electron chi connectivity index (χ3n) is 3.80. The van der Waals surface area contributed by atoms with Gasteiger partial charge in [0.05, 0.1) is 12.6 Å². The van der Waals surface area contributed by atoms with Crippen LogP contribution in [0.2, 0.25) is 0 Å². The first-order valence-corrected chi connectivity index (χ1v) is 7.34. The van der Waals surface area contributed by atoms with Crippen molar-refractivity contribution in [3.63, 3.8) is 0 Å². The molecular formula is C15H26N4O. The quantitative estimate of drug-likeness (QED) is 0.657. The van der Waals surface area contributed by atoms with Crippen LogP contribution in [0.1, 0.15) is 25.0 Å². The molecule has 0 aliphatic carbocycles. The Labute approximate surface area is 121 Å². The first kappa shape index (κ1) is 14.9. The van der Waals surface area contributed by atoms with Crippen molar-refractivity contribution in [2.24, 2.45) is 12.0 Å². The van der Waals surface area contributed by atoms with Crippen LogP contribution in [-0.2, 0) is 18.3 Å². The summed E-state index contributed by atoms with van der Waals surface area (Å²) in [4.78, 5) is 6.49. The van der Waals surface area contributed by atoms with Gasteiger partial charge in [-0.25, -0.2) is 0 Å². The maximum absolute atomic E-state index is 5.63. The molecule has 0 aromatic carbocycles. The second-order valence-electron chi connectivity index (χ2n) is 5.36. The topological polar surface area (TPSA) is 41.8 Å². The highest BCUT2D eigenvalue weighted by Gasteiger charge is 2.15. The van der Waals surface area contributed by atoms with E-state index in [2.05, 4.69) is 52.2 Å². The average molecular weight is 278 g/mol. The lowest BCUT2D eigenvalue weighted by molar-refractivity contribution is 0.105. The highest BCUT2D eigenvalue weighted by Crippen LogP contribution is 2.14. The van der Waals surface area contributed by atoms with Crippen molar-refractivity contribution in [1.29, 1.82) is 0 Å². The second-order valence-corrected chi connectivity index (χ2v) is 5.36. The third kappa shape index (κ3) is 4.00. The van der Waals surface area contributed by atoms with Crippen molar-refractivity contribution >= 4 is 5.96 Å². The number of hydrogen-bond acceptors (Lipinski definition) is 2. The van der Waals surface area contributed by atoms with Crippen LogP contribution < -0.4 is 5.32 Å².